The number of hydrogen-bond donors (Lipinski definition) is 3. The summed E-state index contributed by atoms with van der Waals surface area (Å²) in [6, 6.07) is 83.6. The summed E-state index contributed by atoms with van der Waals surface area (Å²) < 4.78 is 23.4. The van der Waals surface area contributed by atoms with Crippen molar-refractivity contribution in [3.63, 3.8) is 0 Å². The lowest BCUT2D eigenvalue weighted by molar-refractivity contribution is -0.134. The van der Waals surface area contributed by atoms with Crippen molar-refractivity contribution in [3.05, 3.63) is 293 Å². The Bertz CT molecular complexity index is 4040. The molecule has 0 aromatic heterocycles. The van der Waals surface area contributed by atoms with E-state index in [1.54, 1.807) is 27.7 Å². The highest BCUT2D eigenvalue weighted by Crippen LogP contribution is 2.39. The topological polar surface area (TPSA) is 121 Å². The van der Waals surface area contributed by atoms with Crippen molar-refractivity contribution >= 4 is 52.9 Å². The first-order valence-corrected chi connectivity index (χ1v) is 39.6. The van der Waals surface area contributed by atoms with E-state index in [-0.39, 0.29) is 12.4 Å². The molecule has 0 bridgehead atoms. The van der Waals surface area contributed by atoms with E-state index >= 15 is 0 Å². The van der Waals surface area contributed by atoms with Gasteiger partial charge >= 0.3 is 5.97 Å². The van der Waals surface area contributed by atoms with E-state index in [2.05, 4.69) is 231 Å². The summed E-state index contributed by atoms with van der Waals surface area (Å²) >= 11 is 0. The van der Waals surface area contributed by atoms with E-state index in [1.807, 2.05) is 69.7 Å². The van der Waals surface area contributed by atoms with Crippen LogP contribution in [0.2, 0.25) is 13.1 Å². The second-order valence-corrected chi connectivity index (χ2v) is 32.0. The van der Waals surface area contributed by atoms with Crippen LogP contribution in [0.4, 0.5) is 0 Å². The fraction of sp³-hybridized carbons (Fsp3) is 0.330. The number of benzene rings is 9. The van der Waals surface area contributed by atoms with Gasteiger partial charge in [-0.2, -0.15) is 0 Å². The Morgan fingerprint density at radius 2 is 0.745 bits per heavy atom. The van der Waals surface area contributed by atoms with Crippen LogP contribution in [0.15, 0.2) is 243 Å². The number of likely N-dealkylation sites (tertiary alicyclic amines) is 1. The van der Waals surface area contributed by atoms with Gasteiger partial charge in [0.25, 0.3) is 0 Å². The Hall–Kier alpha value is -8.91. The Morgan fingerprint density at radius 3 is 1.10 bits per heavy atom. The molecule has 1 aliphatic heterocycles. The number of allylic oxidation sites excluding steroid dienone is 3. The Morgan fingerprint density at radius 1 is 0.422 bits per heavy atom. The molecule has 536 valence electrons. The zero-order chi connectivity index (χ0) is 72.9. The summed E-state index contributed by atoms with van der Waals surface area (Å²) in [5.41, 5.74) is 16.6. The molecule has 0 aliphatic carbocycles. The molecule has 11 heteroatoms. The van der Waals surface area contributed by atoms with Crippen molar-refractivity contribution in [1.82, 2.24) is 9.80 Å². The number of esters is 1. The third-order valence-electron chi connectivity index (χ3n) is 18.2. The number of hydrogen-bond acceptors (Lipinski definition) is 10. The van der Waals surface area contributed by atoms with Crippen LogP contribution in [0.3, 0.4) is 0 Å². The molecule has 0 radical (unpaired) electrons. The van der Waals surface area contributed by atoms with Gasteiger partial charge in [-0.25, -0.2) is 0 Å². The van der Waals surface area contributed by atoms with Crippen molar-refractivity contribution in [2.75, 3.05) is 60.1 Å². The van der Waals surface area contributed by atoms with Gasteiger partial charge in [0, 0.05) is 25.9 Å². The first-order valence-electron chi connectivity index (χ1n) is 36.7. The van der Waals surface area contributed by atoms with Gasteiger partial charge in [0.1, 0.15) is 36.2 Å². The SMILES string of the molecule is CC/C(=C(/c1ccc(OCCN2CCCCC2)cc1)c1ccc(OC(=O)CCCC(C)(C)O)cc1)c1ccccc1.CC/C(=C(\c1ccccc1)c1ccc(OCCC(C)(C)O)cc1)c1ccccc1.CC/C(=C(\c1ccccc1)c1ccc(OCCN(C)C)cc1)c1ccc([Si](C)(C)O)cc1. The van der Waals surface area contributed by atoms with Crippen molar-refractivity contribution in [2.45, 2.75) is 137 Å². The Kier molecular flexibility index (Phi) is 30.5. The number of rotatable bonds is 30. The maximum atomic E-state index is 12.3. The molecule has 1 aliphatic rings. The number of aliphatic hydroxyl groups is 2. The van der Waals surface area contributed by atoms with Gasteiger partial charge in [-0.05, 0) is 250 Å². The Labute approximate surface area is 610 Å². The van der Waals surface area contributed by atoms with Crippen LogP contribution in [-0.2, 0) is 4.79 Å². The first kappa shape index (κ1) is 78.8. The maximum absolute atomic E-state index is 12.3. The molecular weight excluding hydrogens is 1280 g/mol. The van der Waals surface area contributed by atoms with E-state index in [0.717, 1.165) is 71.5 Å². The molecule has 3 N–H and O–H groups in total. The van der Waals surface area contributed by atoms with Gasteiger partial charge < -0.3 is 38.9 Å². The number of likely N-dealkylation sites (N-methyl/N-ethyl adjacent to an activating group) is 1. The minimum atomic E-state index is -2.31. The monoisotopic (exact) mass is 1390 g/mol. The van der Waals surface area contributed by atoms with Crippen LogP contribution in [0, 0.1) is 0 Å². The van der Waals surface area contributed by atoms with Gasteiger partial charge in [0.15, 0.2) is 0 Å². The minimum absolute atomic E-state index is 0.275. The first-order chi connectivity index (χ1) is 49.1. The number of piperidine rings is 1. The van der Waals surface area contributed by atoms with E-state index in [0.29, 0.717) is 44.8 Å². The van der Waals surface area contributed by atoms with Crippen molar-refractivity contribution in [1.29, 1.82) is 0 Å². The molecule has 10 rings (SSSR count). The Balaban J connectivity index is 0.000000198. The van der Waals surface area contributed by atoms with Gasteiger partial charge in [-0.3, -0.25) is 9.69 Å². The average Bonchev–Trinajstić information content (AvgIpc) is 0.806. The largest absolute Gasteiger partial charge is 0.493 e. The number of carbonyl (C=O) groups is 1. The fourth-order valence-corrected chi connectivity index (χ4v) is 13.6. The molecule has 102 heavy (non-hydrogen) atoms. The van der Waals surface area contributed by atoms with Gasteiger partial charge in [-0.1, -0.05) is 221 Å². The van der Waals surface area contributed by atoms with Crippen LogP contribution in [0.1, 0.15) is 163 Å². The maximum Gasteiger partial charge on any atom is 0.311 e. The zero-order valence-corrected chi connectivity index (χ0v) is 63.4. The van der Waals surface area contributed by atoms with Gasteiger partial charge in [-0.15, -0.1) is 0 Å². The summed E-state index contributed by atoms with van der Waals surface area (Å²) in [7, 11) is 1.78. The summed E-state index contributed by atoms with van der Waals surface area (Å²) in [6.45, 7) is 23.7. The lowest BCUT2D eigenvalue weighted by Crippen LogP contribution is -2.41. The molecular formula is C91H110N2O8Si. The van der Waals surface area contributed by atoms with Crippen LogP contribution >= 0.6 is 0 Å². The highest BCUT2D eigenvalue weighted by molar-refractivity contribution is 6.83. The zero-order valence-electron chi connectivity index (χ0n) is 62.4. The highest BCUT2D eigenvalue weighted by atomic mass is 28.4. The number of nitrogens with zero attached hydrogens (tertiary/aromatic N) is 2. The van der Waals surface area contributed by atoms with Crippen molar-refractivity contribution in [2.24, 2.45) is 0 Å². The molecule has 9 aromatic carbocycles. The van der Waals surface area contributed by atoms with E-state index in [1.165, 1.54) is 99.2 Å². The number of ether oxygens (including phenoxy) is 4. The smallest absolute Gasteiger partial charge is 0.311 e. The van der Waals surface area contributed by atoms with Crippen LogP contribution in [0.25, 0.3) is 33.4 Å². The molecule has 9 aromatic rings. The lowest BCUT2D eigenvalue weighted by atomic mass is 9.88. The summed E-state index contributed by atoms with van der Waals surface area (Å²) in [5, 5.41) is 20.8. The number of carbonyl (C=O) groups excluding carboxylic acids is 1. The third kappa shape index (κ3) is 25.3. The van der Waals surface area contributed by atoms with E-state index in [4.69, 9.17) is 18.9 Å². The second-order valence-electron chi connectivity index (χ2n) is 28.3. The van der Waals surface area contributed by atoms with Crippen LogP contribution in [0.5, 0.6) is 23.0 Å². The molecule has 10 nitrogen and oxygen atoms in total. The summed E-state index contributed by atoms with van der Waals surface area (Å²) in [4.78, 5) is 27.4. The fourth-order valence-electron chi connectivity index (χ4n) is 12.6. The second kappa shape index (κ2) is 39.5. The summed E-state index contributed by atoms with van der Waals surface area (Å²) in [6.07, 6.45) is 8.65. The predicted molar refractivity (Wildman–Crippen MR) is 428 cm³/mol. The standard InChI is InChI=1S/C36H45NO4.C28H35NO2Si.C27H30O2/c1-4-33(28-12-7-5-8-13-28)35(29-15-19-31(20-16-29)40-27-26-37-24-9-6-10-25-37)30-17-21-32(22-18-30)41-34(38)14-11-23-36(2,3)39;1-6-27(22-14-18-26(19-15-22)32(4,5)30)28(23-10-8-7-9-11-23)24-12-16-25(17-13-24)31-21-20-29(2)3;1-4-25(21-11-7-5-8-12-21)26(22-13-9-6-10-14-22)23-15-17-24(18-16-23)29-20-19-27(2,3)28/h5,7-8,12-13,15-22,39H,4,6,9-11,14,23-27H2,1-3H3;7-19,30H,6,20-21H2,1-5H3;5-18,28H,4,19-20H2,1-3H3/b35-33+;28-27-;26-25-. The van der Waals surface area contributed by atoms with Crippen LogP contribution < -0.4 is 24.1 Å². The molecule has 1 fully saturated rings. The third-order valence-corrected chi connectivity index (χ3v) is 19.9. The molecule has 0 unspecified atom stereocenters. The van der Waals surface area contributed by atoms with Crippen molar-refractivity contribution < 1.29 is 38.8 Å². The molecule has 0 atom stereocenters. The summed E-state index contributed by atoms with van der Waals surface area (Å²) in [5.74, 6) is 2.84. The van der Waals surface area contributed by atoms with E-state index < -0.39 is 19.5 Å². The predicted octanol–water partition coefficient (Wildman–Crippen LogP) is 19.8. The lowest BCUT2D eigenvalue weighted by Gasteiger charge is -2.26. The van der Waals surface area contributed by atoms with Gasteiger partial charge in [0.2, 0.25) is 8.32 Å². The van der Waals surface area contributed by atoms with Crippen LogP contribution in [-0.4, -0.2) is 110 Å². The normalized spacial score (nSPS) is 13.4. The molecule has 1 saturated heterocycles. The van der Waals surface area contributed by atoms with Crippen molar-refractivity contribution in [3.8, 4) is 23.0 Å². The van der Waals surface area contributed by atoms with Gasteiger partial charge in [0.05, 0.1) is 17.8 Å². The molecule has 0 amide bonds. The highest BCUT2D eigenvalue weighted by Gasteiger charge is 2.22. The van der Waals surface area contributed by atoms with E-state index in [9.17, 15) is 19.8 Å². The quantitative estimate of drug-likeness (QED) is 0.0174. The average molecular weight is 1390 g/mol. The molecule has 0 saturated carbocycles. The molecule has 0 spiro atoms. The molecule has 1 heterocycles. The minimum Gasteiger partial charge on any atom is -0.493 e.